The minimum absolute atomic E-state index is 0.181. The van der Waals surface area contributed by atoms with Crippen molar-refractivity contribution in [3.63, 3.8) is 0 Å². The van der Waals surface area contributed by atoms with Gasteiger partial charge in [-0.15, -0.1) is 0 Å². The standard InChI is InChI=1S/C20H26O.C5H12OSi/c1-19(2,15-17-11-7-5-8-12-17)21-20(3,4)16-18-13-9-6-10-14-18;7-5-3-1-2-4-6-5/h5-14H,15-16H2,1-4H3;5H,1-4H2,7H3. The van der Waals surface area contributed by atoms with Crippen LogP contribution in [0.15, 0.2) is 60.7 Å². The van der Waals surface area contributed by atoms with E-state index in [2.05, 4.69) is 88.4 Å². The molecule has 28 heavy (non-hydrogen) atoms. The van der Waals surface area contributed by atoms with Gasteiger partial charge in [-0.25, -0.2) is 0 Å². The zero-order valence-electron chi connectivity index (χ0n) is 18.4. The summed E-state index contributed by atoms with van der Waals surface area (Å²) in [6, 6.07) is 21.1. The lowest BCUT2D eigenvalue weighted by Crippen LogP contribution is -2.40. The number of benzene rings is 2. The van der Waals surface area contributed by atoms with E-state index < -0.39 is 0 Å². The van der Waals surface area contributed by atoms with Crippen LogP contribution in [0.2, 0.25) is 0 Å². The predicted octanol–water partition coefficient (Wildman–Crippen LogP) is 4.92. The third-order valence-electron chi connectivity index (χ3n) is 4.91. The lowest BCUT2D eigenvalue weighted by molar-refractivity contribution is -0.121. The quantitative estimate of drug-likeness (QED) is 0.643. The summed E-state index contributed by atoms with van der Waals surface area (Å²) in [4.78, 5) is 0. The highest BCUT2D eigenvalue weighted by Crippen LogP contribution is 2.27. The summed E-state index contributed by atoms with van der Waals surface area (Å²) in [5.74, 6) is 0. The summed E-state index contributed by atoms with van der Waals surface area (Å²) in [7, 11) is 1.23. The fourth-order valence-corrected chi connectivity index (χ4v) is 4.54. The molecule has 0 amide bonds. The van der Waals surface area contributed by atoms with Crippen molar-refractivity contribution in [1.29, 1.82) is 0 Å². The first kappa shape index (κ1) is 22.9. The molecular formula is C25H38O2Si. The second-order valence-corrected chi connectivity index (χ2v) is 10.4. The Balaban J connectivity index is 0.000000336. The van der Waals surface area contributed by atoms with Crippen molar-refractivity contribution in [3.8, 4) is 0 Å². The molecule has 1 aliphatic heterocycles. The van der Waals surface area contributed by atoms with Crippen molar-refractivity contribution in [2.75, 3.05) is 6.61 Å². The van der Waals surface area contributed by atoms with E-state index in [1.54, 1.807) is 0 Å². The zero-order valence-corrected chi connectivity index (χ0v) is 20.4. The molecule has 0 N–H and O–H groups in total. The highest BCUT2D eigenvalue weighted by molar-refractivity contribution is 6.11. The molecule has 0 bridgehead atoms. The Morgan fingerprint density at radius 3 is 1.61 bits per heavy atom. The van der Waals surface area contributed by atoms with E-state index in [1.807, 2.05) is 0 Å². The van der Waals surface area contributed by atoms with Gasteiger partial charge in [-0.2, -0.15) is 0 Å². The van der Waals surface area contributed by atoms with Crippen molar-refractivity contribution < 1.29 is 9.47 Å². The molecule has 1 atom stereocenters. The minimum atomic E-state index is -0.181. The Morgan fingerprint density at radius 2 is 1.29 bits per heavy atom. The molecule has 3 rings (SSSR count). The predicted molar refractivity (Wildman–Crippen MR) is 123 cm³/mol. The molecule has 1 unspecified atom stereocenters. The van der Waals surface area contributed by atoms with Crippen LogP contribution in [0.5, 0.6) is 0 Å². The molecule has 0 radical (unpaired) electrons. The van der Waals surface area contributed by atoms with Gasteiger partial charge in [0.2, 0.25) is 0 Å². The SMILES string of the molecule is CC(C)(Cc1ccccc1)OC(C)(C)Cc1ccccc1.[SiH3]C1CCCCO1. The van der Waals surface area contributed by atoms with Gasteiger partial charge in [0.05, 0.1) is 11.2 Å². The third kappa shape index (κ3) is 9.18. The van der Waals surface area contributed by atoms with E-state index in [-0.39, 0.29) is 11.2 Å². The molecule has 2 aromatic carbocycles. The number of hydrogen-bond donors (Lipinski definition) is 0. The topological polar surface area (TPSA) is 18.5 Å². The smallest absolute Gasteiger partial charge is 0.0674 e. The number of hydrogen-bond acceptors (Lipinski definition) is 2. The van der Waals surface area contributed by atoms with Crippen LogP contribution in [-0.2, 0) is 22.3 Å². The molecule has 1 fully saturated rings. The molecular weight excluding hydrogens is 360 g/mol. The van der Waals surface area contributed by atoms with E-state index >= 15 is 0 Å². The molecule has 0 aliphatic carbocycles. The van der Waals surface area contributed by atoms with Crippen LogP contribution in [0.1, 0.15) is 58.1 Å². The first-order chi connectivity index (χ1) is 13.3. The number of rotatable bonds is 6. The molecule has 3 heteroatoms. The molecule has 1 heterocycles. The Labute approximate surface area is 175 Å². The first-order valence-electron chi connectivity index (χ1n) is 10.7. The van der Waals surface area contributed by atoms with Crippen LogP contribution in [0.25, 0.3) is 0 Å². The Bertz CT molecular complexity index is 610. The van der Waals surface area contributed by atoms with Gasteiger partial charge in [-0.3, -0.25) is 0 Å². The number of ether oxygens (including phenoxy) is 2. The average molecular weight is 399 g/mol. The molecule has 1 aliphatic rings. The van der Waals surface area contributed by atoms with Crippen LogP contribution in [0.3, 0.4) is 0 Å². The van der Waals surface area contributed by atoms with Gasteiger partial charge >= 0.3 is 0 Å². The lowest BCUT2D eigenvalue weighted by Gasteiger charge is -2.36. The molecule has 1 saturated heterocycles. The monoisotopic (exact) mass is 398 g/mol. The van der Waals surface area contributed by atoms with Crippen molar-refractivity contribution in [2.45, 2.75) is 76.7 Å². The lowest BCUT2D eigenvalue weighted by atomic mass is 9.94. The average Bonchev–Trinajstić information content (AvgIpc) is 2.62. The highest BCUT2D eigenvalue weighted by Gasteiger charge is 2.29. The third-order valence-corrected chi connectivity index (χ3v) is 5.82. The Hall–Kier alpha value is -1.42. The molecule has 154 valence electrons. The van der Waals surface area contributed by atoms with Gasteiger partial charge in [0.25, 0.3) is 0 Å². The van der Waals surface area contributed by atoms with Crippen LogP contribution in [0.4, 0.5) is 0 Å². The second kappa shape index (κ2) is 10.9. The van der Waals surface area contributed by atoms with Crippen LogP contribution in [-0.4, -0.2) is 33.8 Å². The normalized spacial score (nSPS) is 17.6. The van der Waals surface area contributed by atoms with Crippen LogP contribution in [0, 0.1) is 0 Å². The van der Waals surface area contributed by atoms with E-state index in [1.165, 1.54) is 40.6 Å². The summed E-state index contributed by atoms with van der Waals surface area (Å²) in [5, 5.41) is 0. The van der Waals surface area contributed by atoms with Gasteiger partial charge < -0.3 is 9.47 Å². The molecule has 0 aromatic heterocycles. The van der Waals surface area contributed by atoms with Gasteiger partial charge in [0, 0.05) is 35.4 Å². The first-order valence-corrected chi connectivity index (χ1v) is 11.8. The van der Waals surface area contributed by atoms with E-state index in [9.17, 15) is 0 Å². The van der Waals surface area contributed by atoms with Gasteiger partial charge in [-0.05, 0) is 58.1 Å². The van der Waals surface area contributed by atoms with Gasteiger partial charge in [0.1, 0.15) is 0 Å². The molecule has 0 saturated carbocycles. The minimum Gasteiger partial charge on any atom is -0.383 e. The maximum atomic E-state index is 6.43. The van der Waals surface area contributed by atoms with Gasteiger partial charge in [0.15, 0.2) is 0 Å². The second-order valence-electron chi connectivity index (χ2n) is 9.12. The molecule has 2 aromatic rings. The van der Waals surface area contributed by atoms with E-state index in [0.717, 1.165) is 19.4 Å². The fourth-order valence-electron chi connectivity index (χ4n) is 3.90. The van der Waals surface area contributed by atoms with E-state index in [4.69, 9.17) is 9.47 Å². The largest absolute Gasteiger partial charge is 0.383 e. The Morgan fingerprint density at radius 1 is 0.821 bits per heavy atom. The van der Waals surface area contributed by atoms with Crippen LogP contribution >= 0.6 is 0 Å². The van der Waals surface area contributed by atoms with Crippen molar-refractivity contribution in [3.05, 3.63) is 71.8 Å². The zero-order chi connectivity index (χ0) is 20.5. The van der Waals surface area contributed by atoms with Crippen molar-refractivity contribution >= 4 is 10.2 Å². The summed E-state index contributed by atoms with van der Waals surface area (Å²) < 4.78 is 11.8. The summed E-state index contributed by atoms with van der Waals surface area (Å²) in [6.45, 7) is 9.72. The Kier molecular flexibility index (Phi) is 8.93. The fraction of sp³-hybridized carbons (Fsp3) is 0.520. The van der Waals surface area contributed by atoms with Crippen LogP contribution < -0.4 is 0 Å². The van der Waals surface area contributed by atoms with E-state index in [0.29, 0.717) is 5.73 Å². The summed E-state index contributed by atoms with van der Waals surface area (Å²) in [5.41, 5.74) is 2.95. The highest BCUT2D eigenvalue weighted by atomic mass is 28.1. The molecule has 2 nitrogen and oxygen atoms in total. The summed E-state index contributed by atoms with van der Waals surface area (Å²) in [6.07, 6.45) is 5.86. The van der Waals surface area contributed by atoms with Gasteiger partial charge in [-0.1, -0.05) is 60.7 Å². The molecule has 0 spiro atoms. The van der Waals surface area contributed by atoms with Crippen molar-refractivity contribution in [2.24, 2.45) is 0 Å². The maximum Gasteiger partial charge on any atom is 0.0674 e. The summed E-state index contributed by atoms with van der Waals surface area (Å²) >= 11 is 0. The van der Waals surface area contributed by atoms with Crippen molar-refractivity contribution in [1.82, 2.24) is 0 Å². The maximum absolute atomic E-state index is 6.43.